The molecule has 3 nitrogen and oxygen atoms in total. The zero-order valence-electron chi connectivity index (χ0n) is 7.57. The molecule has 1 aromatic carbocycles. The predicted octanol–water partition coefficient (Wildman–Crippen LogP) is 2.18. The van der Waals surface area contributed by atoms with Crippen molar-refractivity contribution in [2.45, 2.75) is 6.42 Å². The van der Waals surface area contributed by atoms with Crippen LogP contribution < -0.4 is 5.43 Å². The Kier molecular flexibility index (Phi) is 4.53. The molecule has 0 aliphatic carbocycles. The van der Waals surface area contributed by atoms with Gasteiger partial charge in [0.2, 0.25) is 0 Å². The third-order valence-corrected chi connectivity index (χ3v) is 1.89. The fraction of sp³-hybridized carbons (Fsp3) is 0.200. The third-order valence-electron chi connectivity index (χ3n) is 1.55. The second kappa shape index (κ2) is 6.01. The van der Waals surface area contributed by atoms with E-state index < -0.39 is 0 Å². The maximum Gasteiger partial charge on any atom is 0.0640 e. The van der Waals surface area contributed by atoms with Crippen LogP contribution in [0.4, 0.5) is 0 Å². The van der Waals surface area contributed by atoms with Crippen molar-refractivity contribution in [1.82, 2.24) is 5.43 Å². The first-order chi connectivity index (χ1) is 6.84. The minimum absolute atomic E-state index is 0.444. The molecule has 0 radical (unpaired) electrons. The Morgan fingerprint density at radius 3 is 3.00 bits per heavy atom. The number of halogens is 1. The van der Waals surface area contributed by atoms with Gasteiger partial charge in [-0.1, -0.05) is 29.8 Å². The van der Waals surface area contributed by atoms with Crippen molar-refractivity contribution in [2.24, 2.45) is 5.10 Å². The van der Waals surface area contributed by atoms with Crippen LogP contribution >= 0.6 is 11.6 Å². The molecular weight excluding hydrogens is 198 g/mol. The highest BCUT2D eigenvalue weighted by molar-refractivity contribution is 6.33. The molecule has 0 aromatic heterocycles. The topological polar surface area (TPSA) is 48.2 Å². The summed E-state index contributed by atoms with van der Waals surface area (Å²) in [5, 5.41) is 12.9. The Morgan fingerprint density at radius 2 is 2.29 bits per heavy atom. The number of rotatable bonds is 4. The first kappa shape index (κ1) is 10.6. The first-order valence-electron chi connectivity index (χ1n) is 4.22. The lowest BCUT2D eigenvalue weighted by Gasteiger charge is -1.96. The van der Waals surface area contributed by atoms with Crippen LogP contribution in [0.3, 0.4) is 0 Å². The summed E-state index contributed by atoms with van der Waals surface area (Å²) in [7, 11) is 0. The van der Waals surface area contributed by atoms with Crippen LogP contribution in [0.2, 0.25) is 5.02 Å². The van der Waals surface area contributed by atoms with Crippen LogP contribution in [0, 0.1) is 11.3 Å². The first-order valence-corrected chi connectivity index (χ1v) is 4.60. The van der Waals surface area contributed by atoms with Gasteiger partial charge >= 0.3 is 0 Å². The number of hydrogen-bond acceptors (Lipinski definition) is 3. The van der Waals surface area contributed by atoms with E-state index in [9.17, 15) is 0 Å². The Hall–Kier alpha value is -1.53. The molecule has 0 fully saturated rings. The monoisotopic (exact) mass is 207 g/mol. The Balaban J connectivity index is 2.45. The number of nitriles is 1. The van der Waals surface area contributed by atoms with E-state index in [1.54, 1.807) is 12.3 Å². The van der Waals surface area contributed by atoms with Crippen LogP contribution in [0.1, 0.15) is 12.0 Å². The number of benzene rings is 1. The van der Waals surface area contributed by atoms with Gasteiger partial charge in [0.05, 0.1) is 18.7 Å². The maximum absolute atomic E-state index is 8.26. The molecule has 4 heteroatoms. The highest BCUT2D eigenvalue weighted by Gasteiger charge is 1.92. The summed E-state index contributed by atoms with van der Waals surface area (Å²) in [5.41, 5.74) is 3.61. The van der Waals surface area contributed by atoms with Crippen LogP contribution in [-0.2, 0) is 0 Å². The Labute approximate surface area is 88.0 Å². The Bertz CT molecular complexity index is 355. The molecule has 0 spiro atoms. The van der Waals surface area contributed by atoms with Crippen molar-refractivity contribution in [3.05, 3.63) is 34.9 Å². The number of nitrogens with one attached hydrogen (secondary N) is 1. The second-order valence-corrected chi connectivity index (χ2v) is 3.00. The lowest BCUT2D eigenvalue weighted by Crippen LogP contribution is -2.06. The van der Waals surface area contributed by atoms with E-state index in [0.717, 1.165) is 5.56 Å². The quantitative estimate of drug-likeness (QED) is 0.467. The molecule has 0 bridgehead atoms. The summed E-state index contributed by atoms with van der Waals surface area (Å²) in [6.07, 6.45) is 2.08. The molecule has 14 heavy (non-hydrogen) atoms. The summed E-state index contributed by atoms with van der Waals surface area (Å²) >= 11 is 5.89. The molecule has 0 aliphatic heterocycles. The molecule has 72 valence electrons. The van der Waals surface area contributed by atoms with Crippen molar-refractivity contribution in [3.8, 4) is 6.07 Å². The summed E-state index contributed by atoms with van der Waals surface area (Å²) < 4.78 is 0. The largest absolute Gasteiger partial charge is 0.309 e. The zero-order valence-corrected chi connectivity index (χ0v) is 8.33. The van der Waals surface area contributed by atoms with Crippen LogP contribution in [0.25, 0.3) is 0 Å². The van der Waals surface area contributed by atoms with Crippen LogP contribution in [0.15, 0.2) is 29.4 Å². The van der Waals surface area contributed by atoms with E-state index in [-0.39, 0.29) is 0 Å². The van der Waals surface area contributed by atoms with Crippen molar-refractivity contribution in [3.63, 3.8) is 0 Å². The van der Waals surface area contributed by atoms with E-state index in [1.807, 2.05) is 24.3 Å². The normalized spacial score (nSPS) is 10.0. The molecule has 0 unspecified atom stereocenters. The summed E-state index contributed by atoms with van der Waals surface area (Å²) in [5.74, 6) is 0. The average Bonchev–Trinajstić information content (AvgIpc) is 2.20. The van der Waals surface area contributed by atoms with Gasteiger partial charge in [-0.3, -0.25) is 0 Å². The summed E-state index contributed by atoms with van der Waals surface area (Å²) in [6, 6.07) is 9.45. The summed E-state index contributed by atoms with van der Waals surface area (Å²) in [6.45, 7) is 0.553. The van der Waals surface area contributed by atoms with Gasteiger partial charge in [-0.25, -0.2) is 0 Å². The smallest absolute Gasteiger partial charge is 0.0640 e. The van der Waals surface area contributed by atoms with Crippen LogP contribution in [0.5, 0.6) is 0 Å². The molecule has 1 rings (SSSR count). The fourth-order valence-electron chi connectivity index (χ4n) is 0.871. The highest BCUT2D eigenvalue weighted by atomic mass is 35.5. The number of nitrogens with zero attached hydrogens (tertiary/aromatic N) is 2. The number of hydrazone groups is 1. The fourth-order valence-corrected chi connectivity index (χ4v) is 1.06. The SMILES string of the molecule is N#CCCN/N=C/c1ccccc1Cl. The minimum atomic E-state index is 0.444. The van der Waals surface area contributed by atoms with Crippen molar-refractivity contribution in [2.75, 3.05) is 6.54 Å². The van der Waals surface area contributed by atoms with Crippen molar-refractivity contribution >= 4 is 17.8 Å². The molecule has 0 aliphatic rings. The lowest BCUT2D eigenvalue weighted by atomic mass is 10.2. The highest BCUT2D eigenvalue weighted by Crippen LogP contribution is 2.11. The van der Waals surface area contributed by atoms with Crippen molar-refractivity contribution in [1.29, 1.82) is 5.26 Å². The zero-order chi connectivity index (χ0) is 10.2. The Morgan fingerprint density at radius 1 is 1.50 bits per heavy atom. The van der Waals surface area contributed by atoms with Gasteiger partial charge in [-0.2, -0.15) is 10.4 Å². The second-order valence-electron chi connectivity index (χ2n) is 2.60. The van der Waals surface area contributed by atoms with E-state index in [1.165, 1.54) is 0 Å². The molecule has 0 amide bonds. The van der Waals surface area contributed by atoms with Gasteiger partial charge in [0.15, 0.2) is 0 Å². The molecular formula is C10H10ClN3. The van der Waals surface area contributed by atoms with Gasteiger partial charge in [0.1, 0.15) is 0 Å². The van der Waals surface area contributed by atoms with Crippen LogP contribution in [-0.4, -0.2) is 12.8 Å². The number of hydrogen-bond donors (Lipinski definition) is 1. The molecule has 1 N–H and O–H groups in total. The summed E-state index contributed by atoms with van der Waals surface area (Å²) in [4.78, 5) is 0. The maximum atomic E-state index is 8.26. The molecule has 0 atom stereocenters. The molecule has 1 aromatic rings. The molecule has 0 saturated heterocycles. The predicted molar refractivity (Wildman–Crippen MR) is 57.3 cm³/mol. The van der Waals surface area contributed by atoms with Gasteiger partial charge in [0.25, 0.3) is 0 Å². The van der Waals surface area contributed by atoms with Gasteiger partial charge in [-0.15, -0.1) is 0 Å². The average molecular weight is 208 g/mol. The van der Waals surface area contributed by atoms with Gasteiger partial charge < -0.3 is 5.43 Å². The van der Waals surface area contributed by atoms with E-state index in [4.69, 9.17) is 16.9 Å². The molecule has 0 saturated carbocycles. The van der Waals surface area contributed by atoms with Gasteiger partial charge in [0, 0.05) is 17.1 Å². The molecule has 0 heterocycles. The van der Waals surface area contributed by atoms with E-state index >= 15 is 0 Å². The van der Waals surface area contributed by atoms with Crippen molar-refractivity contribution < 1.29 is 0 Å². The third kappa shape index (κ3) is 3.46. The van der Waals surface area contributed by atoms with Gasteiger partial charge in [-0.05, 0) is 6.07 Å². The van der Waals surface area contributed by atoms with E-state index in [2.05, 4.69) is 10.5 Å². The minimum Gasteiger partial charge on any atom is -0.309 e. The lowest BCUT2D eigenvalue weighted by molar-refractivity contribution is 0.750. The van der Waals surface area contributed by atoms with E-state index in [0.29, 0.717) is 18.0 Å². The standard InChI is InChI=1S/C10H10ClN3/c11-10-5-2-1-4-9(10)8-14-13-7-3-6-12/h1-2,4-5,8,13H,3,7H2/b14-8+.